The van der Waals surface area contributed by atoms with Crippen molar-refractivity contribution in [1.29, 1.82) is 0 Å². The fraction of sp³-hybridized carbons (Fsp3) is 0.588. The van der Waals surface area contributed by atoms with Crippen LogP contribution in [0.2, 0.25) is 0 Å². The molecule has 1 fully saturated rings. The first-order valence-corrected chi connectivity index (χ1v) is 8.33. The summed E-state index contributed by atoms with van der Waals surface area (Å²) in [6.07, 6.45) is -3.92. The van der Waals surface area contributed by atoms with E-state index in [2.05, 4.69) is 4.98 Å². The molecule has 27 heavy (non-hydrogen) atoms. The highest BCUT2D eigenvalue weighted by Gasteiger charge is 2.57. The number of pyridine rings is 1. The molecular formula is C17H21F4N3O3. The Kier molecular flexibility index (Phi) is 5.79. The fourth-order valence-corrected chi connectivity index (χ4v) is 3.16. The summed E-state index contributed by atoms with van der Waals surface area (Å²) in [7, 11) is 1.53. The monoisotopic (exact) mass is 391 g/mol. The number of nitrogens with zero attached hydrogens (tertiary/aromatic N) is 3. The van der Waals surface area contributed by atoms with Crippen molar-refractivity contribution in [1.82, 2.24) is 14.8 Å². The molecule has 1 aliphatic heterocycles. The van der Waals surface area contributed by atoms with Crippen LogP contribution in [0.4, 0.5) is 17.6 Å². The zero-order valence-corrected chi connectivity index (χ0v) is 15.1. The van der Waals surface area contributed by atoms with Crippen LogP contribution in [0.5, 0.6) is 0 Å². The molecule has 150 valence electrons. The van der Waals surface area contributed by atoms with Crippen LogP contribution in [0.3, 0.4) is 0 Å². The third-order valence-electron chi connectivity index (χ3n) is 4.88. The van der Waals surface area contributed by atoms with Gasteiger partial charge in [0.1, 0.15) is 11.5 Å². The molecule has 2 rings (SSSR count). The number of carbonyl (C=O) groups is 2. The first kappa shape index (κ1) is 21.1. The lowest BCUT2D eigenvalue weighted by atomic mass is 9.91. The molecule has 0 saturated carbocycles. The van der Waals surface area contributed by atoms with E-state index in [0.717, 1.165) is 17.2 Å². The molecule has 1 aromatic rings. The number of aromatic nitrogens is 1. The zero-order valence-electron chi connectivity index (χ0n) is 15.1. The molecule has 10 heteroatoms. The van der Waals surface area contributed by atoms with Gasteiger partial charge in [0.15, 0.2) is 0 Å². The van der Waals surface area contributed by atoms with E-state index in [-0.39, 0.29) is 37.2 Å². The Hall–Kier alpha value is -2.23. The number of rotatable bonds is 3. The van der Waals surface area contributed by atoms with E-state index in [1.54, 1.807) is 6.92 Å². The van der Waals surface area contributed by atoms with Crippen molar-refractivity contribution in [2.75, 3.05) is 20.1 Å². The Labute approximate surface area is 153 Å². The summed E-state index contributed by atoms with van der Waals surface area (Å²) in [5, 5.41) is 9.57. The van der Waals surface area contributed by atoms with Crippen LogP contribution >= 0.6 is 0 Å². The molecule has 1 saturated heterocycles. The third-order valence-corrected chi connectivity index (χ3v) is 4.88. The minimum atomic E-state index is -5.08. The van der Waals surface area contributed by atoms with Gasteiger partial charge in [-0.3, -0.25) is 9.59 Å². The zero-order chi connectivity index (χ0) is 20.6. The number of hydrogen-bond donors (Lipinski definition) is 1. The summed E-state index contributed by atoms with van der Waals surface area (Å²) >= 11 is 0. The molecule has 0 aromatic carbocycles. The number of carbonyl (C=O) groups excluding carboxylic acids is 2. The average molecular weight is 391 g/mol. The molecule has 1 N–H and O–H groups in total. The van der Waals surface area contributed by atoms with E-state index in [0.29, 0.717) is 6.92 Å². The molecule has 1 aliphatic rings. The maximum Gasteiger partial charge on any atom is 0.426 e. The Balaban J connectivity index is 2.07. The van der Waals surface area contributed by atoms with Gasteiger partial charge in [0.2, 0.25) is 5.60 Å². The van der Waals surface area contributed by atoms with Crippen LogP contribution in [0.25, 0.3) is 0 Å². The lowest BCUT2D eigenvalue weighted by molar-refractivity contribution is -0.251. The third kappa shape index (κ3) is 4.20. The van der Waals surface area contributed by atoms with Crippen LogP contribution in [0.15, 0.2) is 18.3 Å². The molecule has 1 unspecified atom stereocenters. The molecule has 6 nitrogen and oxygen atoms in total. The number of amides is 2. The summed E-state index contributed by atoms with van der Waals surface area (Å²) in [4.78, 5) is 30.7. The van der Waals surface area contributed by atoms with Gasteiger partial charge >= 0.3 is 6.18 Å². The van der Waals surface area contributed by atoms with Crippen molar-refractivity contribution >= 4 is 11.8 Å². The lowest BCUT2D eigenvalue weighted by Gasteiger charge is -2.43. The van der Waals surface area contributed by atoms with Crippen LogP contribution in [-0.4, -0.2) is 69.7 Å². The minimum Gasteiger partial charge on any atom is -0.373 e. The van der Waals surface area contributed by atoms with Gasteiger partial charge in [-0.25, -0.2) is 9.37 Å². The second-order valence-corrected chi connectivity index (χ2v) is 6.93. The highest BCUT2D eigenvalue weighted by molar-refractivity contribution is 5.92. The minimum absolute atomic E-state index is 0.0332. The lowest BCUT2D eigenvalue weighted by Crippen LogP contribution is -2.60. The highest BCUT2D eigenvalue weighted by atomic mass is 19.4. The van der Waals surface area contributed by atoms with Gasteiger partial charge < -0.3 is 14.9 Å². The fourth-order valence-electron chi connectivity index (χ4n) is 3.16. The van der Waals surface area contributed by atoms with Gasteiger partial charge in [-0.05, 0) is 31.4 Å². The van der Waals surface area contributed by atoms with Crippen LogP contribution in [-0.2, 0) is 4.79 Å². The SMILES string of the molecule is C[C@H]1CN(C(=O)C(C)(O)C(F)(F)F)CC[C@H]1N(C)C(=O)c1ccc(F)cn1. The predicted molar refractivity (Wildman–Crippen MR) is 87.1 cm³/mol. The molecule has 2 heterocycles. The van der Waals surface area contributed by atoms with Gasteiger partial charge in [0.05, 0.1) is 6.20 Å². The predicted octanol–water partition coefficient (Wildman–Crippen LogP) is 1.84. The second-order valence-electron chi connectivity index (χ2n) is 6.93. The van der Waals surface area contributed by atoms with Crippen LogP contribution in [0, 0.1) is 11.7 Å². The van der Waals surface area contributed by atoms with Crippen molar-refractivity contribution in [3.8, 4) is 0 Å². The first-order valence-electron chi connectivity index (χ1n) is 8.33. The summed E-state index contributed by atoms with van der Waals surface area (Å²) in [5.41, 5.74) is -3.41. The Morgan fingerprint density at radius 2 is 1.96 bits per heavy atom. The van der Waals surface area contributed by atoms with E-state index >= 15 is 0 Å². The first-order chi connectivity index (χ1) is 12.4. The molecule has 0 bridgehead atoms. The van der Waals surface area contributed by atoms with Crippen molar-refractivity contribution in [2.24, 2.45) is 5.92 Å². The smallest absolute Gasteiger partial charge is 0.373 e. The van der Waals surface area contributed by atoms with Crippen LogP contribution in [0.1, 0.15) is 30.8 Å². The Morgan fingerprint density at radius 3 is 2.44 bits per heavy atom. The van der Waals surface area contributed by atoms with E-state index in [9.17, 15) is 32.3 Å². The van der Waals surface area contributed by atoms with Gasteiger partial charge in [0.25, 0.3) is 11.8 Å². The summed E-state index contributed by atoms with van der Waals surface area (Å²) < 4.78 is 51.6. The largest absolute Gasteiger partial charge is 0.426 e. The summed E-state index contributed by atoms with van der Waals surface area (Å²) in [6.45, 7) is 2.06. The molecule has 2 amide bonds. The number of piperidine rings is 1. The van der Waals surface area contributed by atoms with Gasteiger partial charge in [-0.2, -0.15) is 13.2 Å². The van der Waals surface area contributed by atoms with Crippen molar-refractivity contribution in [2.45, 2.75) is 38.1 Å². The van der Waals surface area contributed by atoms with E-state index in [4.69, 9.17) is 0 Å². The Morgan fingerprint density at radius 1 is 1.33 bits per heavy atom. The highest BCUT2D eigenvalue weighted by Crippen LogP contribution is 2.33. The molecule has 0 spiro atoms. The van der Waals surface area contributed by atoms with E-state index in [1.807, 2.05) is 0 Å². The van der Waals surface area contributed by atoms with E-state index in [1.165, 1.54) is 18.0 Å². The van der Waals surface area contributed by atoms with Gasteiger partial charge in [0, 0.05) is 26.2 Å². The quantitative estimate of drug-likeness (QED) is 0.798. The maximum absolute atomic E-state index is 12.9. The number of aliphatic hydroxyl groups is 1. The van der Waals surface area contributed by atoms with Gasteiger partial charge in [-0.1, -0.05) is 6.92 Å². The van der Waals surface area contributed by atoms with E-state index < -0.39 is 29.4 Å². The molecule has 0 radical (unpaired) electrons. The summed E-state index contributed by atoms with van der Waals surface area (Å²) in [6, 6.07) is 2.01. The maximum atomic E-state index is 12.9. The molecule has 1 aromatic heterocycles. The standard InChI is InChI=1S/C17H21F4N3O3/c1-10-9-24(15(26)16(2,27)17(19,20)21)7-6-13(10)23(3)14(25)12-5-4-11(18)8-22-12/h4-5,8,10,13,27H,6-7,9H2,1-3H3/t10-,13+,16?/m0/s1. The number of likely N-dealkylation sites (tertiary alicyclic amines) is 1. The molecular weight excluding hydrogens is 370 g/mol. The second kappa shape index (κ2) is 7.41. The number of hydrogen-bond acceptors (Lipinski definition) is 4. The molecule has 3 atom stereocenters. The normalized spacial score (nSPS) is 22.9. The van der Waals surface area contributed by atoms with Gasteiger partial charge in [-0.15, -0.1) is 0 Å². The number of halogens is 4. The average Bonchev–Trinajstić information content (AvgIpc) is 2.59. The molecule has 0 aliphatic carbocycles. The topological polar surface area (TPSA) is 73.7 Å². The van der Waals surface area contributed by atoms with Crippen LogP contribution < -0.4 is 0 Å². The Bertz CT molecular complexity index is 706. The van der Waals surface area contributed by atoms with Crippen molar-refractivity contribution in [3.63, 3.8) is 0 Å². The summed E-state index contributed by atoms with van der Waals surface area (Å²) in [5.74, 6) is -2.77. The number of alkyl halides is 3. The van der Waals surface area contributed by atoms with Crippen molar-refractivity contribution in [3.05, 3.63) is 29.8 Å². The van der Waals surface area contributed by atoms with Crippen molar-refractivity contribution < 1.29 is 32.3 Å².